The monoisotopic (exact) mass is 190 g/mol. The van der Waals surface area contributed by atoms with Gasteiger partial charge < -0.3 is 5.32 Å². The summed E-state index contributed by atoms with van der Waals surface area (Å²) >= 11 is 11.4. The third-order valence-corrected chi connectivity index (χ3v) is 2.16. The molecule has 2 heterocycles. The molecule has 1 N–H and O–H groups in total. The highest BCUT2D eigenvalue weighted by Crippen LogP contribution is 2.17. The lowest BCUT2D eigenvalue weighted by molar-refractivity contribution is 0.759. The SMILES string of the molecule is ClC1=NN=C(Cl)[C@H]2NC=N[C@H]12. The van der Waals surface area contributed by atoms with Gasteiger partial charge in [-0.05, 0) is 0 Å². The zero-order valence-corrected chi connectivity index (χ0v) is 6.84. The average molecular weight is 191 g/mol. The van der Waals surface area contributed by atoms with Crippen molar-refractivity contribution in [3.05, 3.63) is 0 Å². The lowest BCUT2D eigenvalue weighted by atomic mass is 10.1. The van der Waals surface area contributed by atoms with E-state index in [4.69, 9.17) is 23.2 Å². The Hall–Kier alpha value is -0.610. The first kappa shape index (κ1) is 7.06. The lowest BCUT2D eigenvalue weighted by Gasteiger charge is -2.17. The van der Waals surface area contributed by atoms with Gasteiger partial charge in [0, 0.05) is 0 Å². The molecule has 0 radical (unpaired) electrons. The van der Waals surface area contributed by atoms with Crippen molar-refractivity contribution in [2.45, 2.75) is 12.1 Å². The van der Waals surface area contributed by atoms with Crippen LogP contribution in [0, 0.1) is 0 Å². The topological polar surface area (TPSA) is 49.1 Å². The van der Waals surface area contributed by atoms with E-state index >= 15 is 0 Å². The molecule has 6 heteroatoms. The summed E-state index contributed by atoms with van der Waals surface area (Å²) in [7, 11) is 0. The molecule has 2 rings (SSSR count). The van der Waals surface area contributed by atoms with Gasteiger partial charge in [0.15, 0.2) is 10.3 Å². The minimum atomic E-state index is -0.179. The van der Waals surface area contributed by atoms with Gasteiger partial charge in [-0.1, -0.05) is 23.2 Å². The Balaban J connectivity index is 2.35. The molecule has 0 saturated heterocycles. The summed E-state index contributed by atoms with van der Waals surface area (Å²) in [5, 5.41) is 11.0. The number of nitrogens with one attached hydrogen (secondary N) is 1. The van der Waals surface area contributed by atoms with Crippen LogP contribution in [0.15, 0.2) is 15.2 Å². The van der Waals surface area contributed by atoms with Gasteiger partial charge in [0.2, 0.25) is 0 Å². The third kappa shape index (κ3) is 1.02. The van der Waals surface area contributed by atoms with E-state index < -0.39 is 0 Å². The molecule has 4 nitrogen and oxygen atoms in total. The largest absolute Gasteiger partial charge is 0.365 e. The Morgan fingerprint density at radius 1 is 1.27 bits per heavy atom. The Morgan fingerprint density at radius 2 is 2.00 bits per heavy atom. The highest BCUT2D eigenvalue weighted by Gasteiger charge is 2.34. The van der Waals surface area contributed by atoms with Crippen molar-refractivity contribution >= 4 is 39.9 Å². The fourth-order valence-corrected chi connectivity index (χ4v) is 1.44. The first-order valence-corrected chi connectivity index (χ1v) is 3.79. The molecule has 0 bridgehead atoms. The number of halogens is 2. The Bertz CT molecular complexity index is 270. The minimum Gasteiger partial charge on any atom is -0.365 e. The molecule has 0 aromatic heterocycles. The average Bonchev–Trinajstić information content (AvgIpc) is 2.45. The molecule has 0 aromatic rings. The van der Waals surface area contributed by atoms with E-state index in [9.17, 15) is 0 Å². The normalized spacial score (nSPS) is 34.0. The number of hydrogen-bond donors (Lipinski definition) is 1. The molecule has 0 amide bonds. The third-order valence-electron chi connectivity index (χ3n) is 1.55. The molecular formula is C5H4Cl2N4. The molecule has 2 aliphatic heterocycles. The number of nitrogens with zero attached hydrogens (tertiary/aromatic N) is 3. The molecular weight excluding hydrogens is 187 g/mol. The van der Waals surface area contributed by atoms with Crippen molar-refractivity contribution in [1.82, 2.24) is 5.32 Å². The molecule has 0 spiro atoms. The van der Waals surface area contributed by atoms with Crippen molar-refractivity contribution in [1.29, 1.82) is 0 Å². The Kier molecular flexibility index (Phi) is 1.58. The van der Waals surface area contributed by atoms with Crippen LogP contribution in [0.1, 0.15) is 0 Å². The predicted octanol–water partition coefficient (Wildman–Crippen LogP) is 0.558. The van der Waals surface area contributed by atoms with Gasteiger partial charge >= 0.3 is 0 Å². The number of aliphatic imine (C=N–C) groups is 1. The molecule has 0 unspecified atom stereocenters. The van der Waals surface area contributed by atoms with Gasteiger partial charge in [0.1, 0.15) is 12.1 Å². The maximum absolute atomic E-state index is 5.72. The second-order valence-corrected chi connectivity index (χ2v) is 2.99. The van der Waals surface area contributed by atoms with E-state index in [1.165, 1.54) is 0 Å². The second-order valence-electron chi connectivity index (χ2n) is 2.21. The zero-order chi connectivity index (χ0) is 7.84. The van der Waals surface area contributed by atoms with E-state index in [1.807, 2.05) is 0 Å². The summed E-state index contributed by atoms with van der Waals surface area (Å²) in [5.74, 6) is 0. The molecule has 0 saturated carbocycles. The maximum Gasteiger partial charge on any atom is 0.155 e. The first-order chi connectivity index (χ1) is 5.29. The number of fused-ring (bicyclic) bond motifs is 1. The second kappa shape index (κ2) is 2.46. The van der Waals surface area contributed by atoms with Crippen LogP contribution in [0.5, 0.6) is 0 Å². The van der Waals surface area contributed by atoms with Crippen LogP contribution in [-0.4, -0.2) is 28.8 Å². The summed E-state index contributed by atoms with van der Waals surface area (Å²) in [4.78, 5) is 4.03. The van der Waals surface area contributed by atoms with Gasteiger partial charge in [0.05, 0.1) is 6.34 Å². The van der Waals surface area contributed by atoms with Gasteiger partial charge in [-0.25, -0.2) is 0 Å². The molecule has 0 aromatic carbocycles. The fraction of sp³-hybridized carbons (Fsp3) is 0.400. The summed E-state index contributed by atoms with van der Waals surface area (Å²) in [5.41, 5.74) is 0. The molecule has 0 aliphatic carbocycles. The van der Waals surface area contributed by atoms with Crippen molar-refractivity contribution in [2.75, 3.05) is 0 Å². The van der Waals surface area contributed by atoms with Crippen LogP contribution in [0.2, 0.25) is 0 Å². The van der Waals surface area contributed by atoms with Crippen molar-refractivity contribution in [3.63, 3.8) is 0 Å². The van der Waals surface area contributed by atoms with Crippen LogP contribution in [0.3, 0.4) is 0 Å². The van der Waals surface area contributed by atoms with Gasteiger partial charge in [0.25, 0.3) is 0 Å². The van der Waals surface area contributed by atoms with Crippen LogP contribution >= 0.6 is 23.2 Å². The summed E-state index contributed by atoms with van der Waals surface area (Å²) < 4.78 is 0. The molecule has 2 atom stereocenters. The van der Waals surface area contributed by atoms with E-state index in [1.54, 1.807) is 6.34 Å². The highest BCUT2D eigenvalue weighted by atomic mass is 35.5. The van der Waals surface area contributed by atoms with Crippen molar-refractivity contribution < 1.29 is 0 Å². The van der Waals surface area contributed by atoms with Crippen LogP contribution in [0.25, 0.3) is 0 Å². The van der Waals surface area contributed by atoms with Crippen LogP contribution in [0.4, 0.5) is 0 Å². The van der Waals surface area contributed by atoms with Crippen molar-refractivity contribution in [2.24, 2.45) is 15.2 Å². The van der Waals surface area contributed by atoms with Gasteiger partial charge in [-0.3, -0.25) is 4.99 Å². The van der Waals surface area contributed by atoms with E-state index in [2.05, 4.69) is 20.5 Å². The molecule has 0 fully saturated rings. The summed E-state index contributed by atoms with van der Waals surface area (Å²) in [6.45, 7) is 0. The number of rotatable bonds is 0. The van der Waals surface area contributed by atoms with Gasteiger partial charge in [-0.2, -0.15) is 0 Å². The summed E-state index contributed by atoms with van der Waals surface area (Å²) in [6.07, 6.45) is 1.57. The smallest absolute Gasteiger partial charge is 0.155 e. The lowest BCUT2D eigenvalue weighted by Crippen LogP contribution is -2.41. The predicted molar refractivity (Wildman–Crippen MR) is 45.8 cm³/mol. The van der Waals surface area contributed by atoms with E-state index in [0.29, 0.717) is 10.3 Å². The Labute approximate surface area is 73.0 Å². The number of hydrogen-bond acceptors (Lipinski definition) is 4. The van der Waals surface area contributed by atoms with Crippen LogP contribution < -0.4 is 5.32 Å². The maximum atomic E-state index is 5.72. The minimum absolute atomic E-state index is 0.110. The Morgan fingerprint density at radius 3 is 2.73 bits per heavy atom. The van der Waals surface area contributed by atoms with Crippen molar-refractivity contribution in [3.8, 4) is 0 Å². The van der Waals surface area contributed by atoms with Gasteiger partial charge in [-0.15, -0.1) is 10.2 Å². The van der Waals surface area contributed by atoms with E-state index in [0.717, 1.165) is 0 Å². The van der Waals surface area contributed by atoms with E-state index in [-0.39, 0.29) is 12.1 Å². The molecule has 11 heavy (non-hydrogen) atoms. The molecule has 58 valence electrons. The highest BCUT2D eigenvalue weighted by molar-refractivity contribution is 6.71. The fourth-order valence-electron chi connectivity index (χ4n) is 0.996. The zero-order valence-electron chi connectivity index (χ0n) is 5.33. The molecule has 2 aliphatic rings. The standard InChI is InChI=1S/C5H4Cl2N4/c6-4-2-3(9-1-8-2)5(7)11-10-4/h1-3H,(H,8,9)/t2-,3-/m0/s1. The first-order valence-electron chi connectivity index (χ1n) is 3.03. The van der Waals surface area contributed by atoms with Crippen LogP contribution in [-0.2, 0) is 0 Å². The quantitative estimate of drug-likeness (QED) is 0.597. The summed E-state index contributed by atoms with van der Waals surface area (Å²) in [6, 6.07) is -0.289.